The lowest BCUT2D eigenvalue weighted by molar-refractivity contribution is -0.137. The first-order valence-electron chi connectivity index (χ1n) is 7.99. The Hall–Kier alpha value is -2.51. The molecule has 0 aliphatic heterocycles. The summed E-state index contributed by atoms with van der Waals surface area (Å²) < 4.78 is 40.4. The number of benzene rings is 1. The molecule has 0 spiro atoms. The molecule has 144 valence electrons. The SMILES string of the molecule is CC(C#N)(Cn1cc2cc(Br)ncc2n1)NC(=S)c1ccc(C(F)(F)F)cc1. The van der Waals surface area contributed by atoms with Crippen LogP contribution in [0.4, 0.5) is 13.2 Å². The lowest BCUT2D eigenvalue weighted by Crippen LogP contribution is -2.47. The normalized spacial score (nSPS) is 13.7. The summed E-state index contributed by atoms with van der Waals surface area (Å²) >= 11 is 8.57. The average molecular weight is 468 g/mol. The van der Waals surface area contributed by atoms with Crippen LogP contribution in [0.25, 0.3) is 10.9 Å². The molecule has 2 aromatic heterocycles. The van der Waals surface area contributed by atoms with Crippen molar-refractivity contribution in [3.8, 4) is 6.07 Å². The van der Waals surface area contributed by atoms with Gasteiger partial charge in [0.25, 0.3) is 0 Å². The Bertz CT molecular complexity index is 1070. The van der Waals surface area contributed by atoms with Gasteiger partial charge in [-0.2, -0.15) is 23.5 Å². The summed E-state index contributed by atoms with van der Waals surface area (Å²) in [6.07, 6.45) is -1.03. The number of rotatable bonds is 4. The van der Waals surface area contributed by atoms with Crippen LogP contribution in [0, 0.1) is 11.3 Å². The lowest BCUT2D eigenvalue weighted by Gasteiger charge is -2.25. The first-order valence-corrected chi connectivity index (χ1v) is 9.19. The van der Waals surface area contributed by atoms with Crippen molar-refractivity contribution in [1.29, 1.82) is 5.26 Å². The first-order chi connectivity index (χ1) is 13.1. The number of hydrogen-bond donors (Lipinski definition) is 1. The van der Waals surface area contributed by atoms with Crippen LogP contribution in [0.5, 0.6) is 0 Å². The van der Waals surface area contributed by atoms with E-state index < -0.39 is 17.3 Å². The summed E-state index contributed by atoms with van der Waals surface area (Å²) in [4.78, 5) is 4.29. The standard InChI is InChI=1S/C18H13BrF3N5S/c1-17(9-23,10-27-8-12-6-15(19)24-7-14(12)26-27)25-16(28)11-2-4-13(5-3-11)18(20,21)22/h2-8H,10H2,1H3,(H,25,28). The number of halogens is 4. The summed E-state index contributed by atoms with van der Waals surface area (Å²) in [5, 5.41) is 17.8. The van der Waals surface area contributed by atoms with E-state index in [9.17, 15) is 18.4 Å². The summed E-state index contributed by atoms with van der Waals surface area (Å²) in [5.41, 5.74) is -0.811. The van der Waals surface area contributed by atoms with Crippen molar-refractivity contribution in [3.05, 3.63) is 58.5 Å². The number of nitrogens with zero attached hydrogens (tertiary/aromatic N) is 4. The van der Waals surface area contributed by atoms with E-state index in [1.54, 1.807) is 24.0 Å². The minimum absolute atomic E-state index is 0.177. The minimum atomic E-state index is -4.42. The Morgan fingerprint density at radius 3 is 2.61 bits per heavy atom. The number of thiocarbonyl (C=S) groups is 1. The molecule has 0 saturated heterocycles. The summed E-state index contributed by atoms with van der Waals surface area (Å²) in [5.74, 6) is 0. The van der Waals surface area contributed by atoms with Crippen molar-refractivity contribution >= 4 is 44.0 Å². The van der Waals surface area contributed by atoms with Crippen LogP contribution in [-0.4, -0.2) is 25.3 Å². The van der Waals surface area contributed by atoms with Crippen molar-refractivity contribution < 1.29 is 13.2 Å². The monoisotopic (exact) mass is 467 g/mol. The highest BCUT2D eigenvalue weighted by molar-refractivity contribution is 9.10. The van der Waals surface area contributed by atoms with Crippen molar-refractivity contribution in [3.63, 3.8) is 0 Å². The maximum absolute atomic E-state index is 12.7. The van der Waals surface area contributed by atoms with Crippen LogP contribution in [0.2, 0.25) is 0 Å². The van der Waals surface area contributed by atoms with E-state index in [1.165, 1.54) is 12.1 Å². The van der Waals surface area contributed by atoms with Gasteiger partial charge in [0.2, 0.25) is 0 Å². The summed E-state index contributed by atoms with van der Waals surface area (Å²) in [6.45, 7) is 1.82. The van der Waals surface area contributed by atoms with E-state index in [4.69, 9.17) is 12.2 Å². The molecule has 0 saturated carbocycles. The smallest absolute Gasteiger partial charge is 0.357 e. The molecule has 0 amide bonds. The highest BCUT2D eigenvalue weighted by atomic mass is 79.9. The predicted octanol–water partition coefficient (Wildman–Crippen LogP) is 4.46. The van der Waals surface area contributed by atoms with Gasteiger partial charge in [-0.15, -0.1) is 0 Å². The molecule has 3 aromatic rings. The molecule has 1 aromatic carbocycles. The second kappa shape index (κ2) is 7.48. The third-order valence-electron chi connectivity index (χ3n) is 3.99. The van der Waals surface area contributed by atoms with Crippen molar-refractivity contribution in [2.75, 3.05) is 0 Å². The zero-order chi connectivity index (χ0) is 20.5. The molecule has 1 atom stereocenters. The van der Waals surface area contributed by atoms with E-state index in [0.29, 0.717) is 15.7 Å². The van der Waals surface area contributed by atoms with E-state index >= 15 is 0 Å². The van der Waals surface area contributed by atoms with E-state index in [-0.39, 0.29) is 11.5 Å². The third kappa shape index (κ3) is 4.48. The quantitative estimate of drug-likeness (QED) is 0.453. The second-order valence-corrected chi connectivity index (χ2v) is 7.59. The highest BCUT2D eigenvalue weighted by Gasteiger charge is 2.31. The molecule has 0 radical (unpaired) electrons. The molecule has 0 aliphatic rings. The van der Waals surface area contributed by atoms with E-state index in [0.717, 1.165) is 17.5 Å². The minimum Gasteiger partial charge on any atom is -0.357 e. The fourth-order valence-electron chi connectivity index (χ4n) is 2.59. The molecule has 5 nitrogen and oxygen atoms in total. The maximum atomic E-state index is 12.7. The van der Waals surface area contributed by atoms with Crippen LogP contribution in [0.1, 0.15) is 18.1 Å². The van der Waals surface area contributed by atoms with Gasteiger partial charge >= 0.3 is 6.18 Å². The Kier molecular flexibility index (Phi) is 5.41. The molecule has 0 aliphatic carbocycles. The number of hydrogen-bond acceptors (Lipinski definition) is 4. The third-order valence-corrected chi connectivity index (χ3v) is 4.77. The largest absolute Gasteiger partial charge is 0.416 e. The molecule has 2 heterocycles. The van der Waals surface area contributed by atoms with Gasteiger partial charge < -0.3 is 5.32 Å². The van der Waals surface area contributed by atoms with Crippen LogP contribution in [0.3, 0.4) is 0 Å². The Morgan fingerprint density at radius 1 is 1.32 bits per heavy atom. The molecule has 1 unspecified atom stereocenters. The molecule has 10 heteroatoms. The van der Waals surface area contributed by atoms with Gasteiger partial charge in [-0.05, 0) is 41.1 Å². The Labute approximate surface area is 172 Å². The van der Waals surface area contributed by atoms with E-state index in [2.05, 4.69) is 37.4 Å². The van der Waals surface area contributed by atoms with E-state index in [1.807, 2.05) is 6.07 Å². The zero-order valence-electron chi connectivity index (χ0n) is 14.5. The van der Waals surface area contributed by atoms with Crippen LogP contribution in [-0.2, 0) is 12.7 Å². The van der Waals surface area contributed by atoms with Crippen LogP contribution < -0.4 is 5.32 Å². The predicted molar refractivity (Wildman–Crippen MR) is 106 cm³/mol. The average Bonchev–Trinajstić information content (AvgIpc) is 3.01. The number of fused-ring (bicyclic) bond motifs is 1. The summed E-state index contributed by atoms with van der Waals surface area (Å²) in [6, 6.07) is 8.43. The number of alkyl halides is 3. The summed E-state index contributed by atoms with van der Waals surface area (Å²) in [7, 11) is 0. The van der Waals surface area contributed by atoms with Gasteiger partial charge in [0, 0.05) is 17.1 Å². The zero-order valence-corrected chi connectivity index (χ0v) is 16.9. The Balaban J connectivity index is 1.77. The molecule has 0 bridgehead atoms. The number of pyridine rings is 1. The molecular formula is C18H13BrF3N5S. The fourth-order valence-corrected chi connectivity index (χ4v) is 3.30. The molecule has 0 fully saturated rings. The maximum Gasteiger partial charge on any atom is 0.416 e. The molecule has 1 N–H and O–H groups in total. The van der Waals surface area contributed by atoms with Gasteiger partial charge in [-0.1, -0.05) is 24.4 Å². The fraction of sp³-hybridized carbons (Fsp3) is 0.222. The Morgan fingerprint density at radius 2 is 2.00 bits per heavy atom. The molecular weight excluding hydrogens is 455 g/mol. The molecule has 3 rings (SSSR count). The van der Waals surface area contributed by atoms with Gasteiger partial charge in [0.05, 0.1) is 24.4 Å². The number of nitriles is 1. The van der Waals surface area contributed by atoms with Gasteiger partial charge in [-0.3, -0.25) is 4.68 Å². The lowest BCUT2D eigenvalue weighted by atomic mass is 10.0. The number of aromatic nitrogens is 3. The second-order valence-electron chi connectivity index (χ2n) is 6.37. The topological polar surface area (TPSA) is 66.5 Å². The van der Waals surface area contributed by atoms with Crippen molar-refractivity contribution in [2.24, 2.45) is 0 Å². The van der Waals surface area contributed by atoms with Crippen LogP contribution >= 0.6 is 28.1 Å². The van der Waals surface area contributed by atoms with Crippen LogP contribution in [0.15, 0.2) is 47.3 Å². The van der Waals surface area contributed by atoms with Gasteiger partial charge in [0.1, 0.15) is 20.6 Å². The number of nitrogens with one attached hydrogen (secondary N) is 1. The van der Waals surface area contributed by atoms with Gasteiger partial charge in [0.15, 0.2) is 0 Å². The highest BCUT2D eigenvalue weighted by Crippen LogP contribution is 2.29. The first kappa shape index (κ1) is 20.2. The van der Waals surface area contributed by atoms with Gasteiger partial charge in [-0.25, -0.2) is 4.98 Å². The van der Waals surface area contributed by atoms with Crippen molar-refractivity contribution in [1.82, 2.24) is 20.1 Å². The molecule has 28 heavy (non-hydrogen) atoms. The van der Waals surface area contributed by atoms with Crippen molar-refractivity contribution in [2.45, 2.75) is 25.2 Å².